The molecule has 2 atom stereocenters. The van der Waals surface area contributed by atoms with Gasteiger partial charge in [0.25, 0.3) is 0 Å². The summed E-state index contributed by atoms with van der Waals surface area (Å²) in [6.45, 7) is -0.835. The number of pyridine rings is 1. The number of anilines is 1. The molecule has 1 aromatic heterocycles. The highest BCUT2D eigenvalue weighted by molar-refractivity contribution is 5.97. The molecule has 2 fully saturated rings. The highest BCUT2D eigenvalue weighted by atomic mass is 35.5. The van der Waals surface area contributed by atoms with E-state index in [1.165, 1.54) is 18.2 Å². The maximum absolute atomic E-state index is 15.2. The molecular weight excluding hydrogens is 458 g/mol. The summed E-state index contributed by atoms with van der Waals surface area (Å²) in [6, 6.07) is 0.783. The van der Waals surface area contributed by atoms with Crippen molar-refractivity contribution >= 4 is 35.0 Å². The number of alkyl halides is 3. The first-order chi connectivity index (χ1) is 14.6. The number of hydrogen-bond donors (Lipinski definition) is 2. The van der Waals surface area contributed by atoms with Crippen LogP contribution in [0.4, 0.5) is 23.2 Å². The topological polar surface area (TPSA) is 97.8 Å². The fraction of sp³-hybridized carbons (Fsp3) is 0.500. The molecule has 0 radical (unpaired) electrons. The van der Waals surface area contributed by atoms with Crippen molar-refractivity contribution in [2.75, 3.05) is 31.6 Å². The van der Waals surface area contributed by atoms with Gasteiger partial charge in [0, 0.05) is 31.2 Å². The average Bonchev–Trinajstić information content (AvgIpc) is 3.44. The van der Waals surface area contributed by atoms with E-state index in [1.807, 2.05) is 0 Å². The molecule has 0 amide bonds. The fourth-order valence-electron chi connectivity index (χ4n) is 4.39. The van der Waals surface area contributed by atoms with Gasteiger partial charge in [-0.3, -0.25) is 4.79 Å². The first-order valence-electron chi connectivity index (χ1n) is 9.78. The molecule has 7 nitrogen and oxygen atoms in total. The summed E-state index contributed by atoms with van der Waals surface area (Å²) >= 11 is 0. The van der Waals surface area contributed by atoms with Crippen LogP contribution in [0.25, 0.3) is 10.9 Å². The van der Waals surface area contributed by atoms with Crippen LogP contribution in [-0.4, -0.2) is 48.6 Å². The summed E-state index contributed by atoms with van der Waals surface area (Å²) < 4.78 is 62.6. The Bertz CT molecular complexity index is 1120. The van der Waals surface area contributed by atoms with Crippen LogP contribution in [0.5, 0.6) is 5.75 Å². The highest BCUT2D eigenvalue weighted by Gasteiger charge is 2.50. The molecule has 1 aromatic carbocycles. The molecule has 1 aliphatic carbocycles. The van der Waals surface area contributed by atoms with Gasteiger partial charge in [-0.2, -0.15) is 13.2 Å². The van der Waals surface area contributed by atoms with Crippen LogP contribution >= 0.6 is 12.4 Å². The number of benzene rings is 1. The zero-order chi connectivity index (χ0) is 22.7. The Hall–Kier alpha value is -2.53. The first-order valence-corrected chi connectivity index (χ1v) is 9.78. The van der Waals surface area contributed by atoms with Gasteiger partial charge in [0.15, 0.2) is 11.6 Å². The molecule has 4 rings (SSSR count). The first kappa shape index (κ1) is 24.1. The number of methoxy groups -OCH3 is 1. The predicted octanol–water partition coefficient (Wildman–Crippen LogP) is 3.18. The number of aromatic nitrogens is 1. The van der Waals surface area contributed by atoms with E-state index in [2.05, 4.69) is 0 Å². The Morgan fingerprint density at radius 3 is 2.44 bits per heavy atom. The monoisotopic (exact) mass is 479 g/mol. The number of carboxylic acid groups (broad SMARTS) is 1. The van der Waals surface area contributed by atoms with E-state index in [-0.39, 0.29) is 53.9 Å². The van der Waals surface area contributed by atoms with Crippen molar-refractivity contribution in [3.63, 3.8) is 0 Å². The quantitative estimate of drug-likeness (QED) is 0.639. The minimum atomic E-state index is -4.49. The number of aromatic carboxylic acids is 1. The van der Waals surface area contributed by atoms with Gasteiger partial charge in [0.05, 0.1) is 23.9 Å². The molecule has 0 unspecified atom stereocenters. The van der Waals surface area contributed by atoms with Gasteiger partial charge >= 0.3 is 12.1 Å². The van der Waals surface area contributed by atoms with Crippen LogP contribution < -0.4 is 20.8 Å². The lowest BCUT2D eigenvalue weighted by Crippen LogP contribution is -2.33. The fourth-order valence-corrected chi connectivity index (χ4v) is 4.39. The summed E-state index contributed by atoms with van der Waals surface area (Å²) in [4.78, 5) is 25.5. The zero-order valence-corrected chi connectivity index (χ0v) is 17.8. The van der Waals surface area contributed by atoms with Crippen molar-refractivity contribution in [3.05, 3.63) is 33.9 Å². The Kier molecular flexibility index (Phi) is 6.36. The number of nitrogens with zero attached hydrogens (tertiary/aromatic N) is 2. The van der Waals surface area contributed by atoms with Crippen LogP contribution in [0.15, 0.2) is 17.1 Å². The number of nitrogens with two attached hydrogens (primary N) is 1. The molecule has 32 heavy (non-hydrogen) atoms. The number of halogens is 5. The van der Waals surface area contributed by atoms with Gasteiger partial charge in [-0.15, -0.1) is 12.4 Å². The third-order valence-electron chi connectivity index (χ3n) is 6.05. The second-order valence-electron chi connectivity index (χ2n) is 8.00. The molecule has 176 valence electrons. The van der Waals surface area contributed by atoms with Crippen LogP contribution in [0, 0.1) is 17.7 Å². The maximum atomic E-state index is 15.2. The standard InChI is InChI=1S/C20H21F4N3O4.ClH/c1-31-18-15-11(17(28)12(19(29)30)7-27(15)10-2-3-10)4-14(21)16(18)26-6-9(5-25)13(8-26)20(22,23)24;/h4,7,9-10,13H,2-3,5-6,8,25H2,1H3,(H,29,30);1H/t9-,13-;/m1./s1. The summed E-state index contributed by atoms with van der Waals surface area (Å²) in [6.07, 6.45) is -1.85. The molecule has 2 aliphatic rings. The Morgan fingerprint density at radius 2 is 1.97 bits per heavy atom. The van der Waals surface area contributed by atoms with Crippen molar-refractivity contribution < 1.29 is 32.2 Å². The van der Waals surface area contributed by atoms with E-state index in [0.29, 0.717) is 0 Å². The van der Waals surface area contributed by atoms with Gasteiger partial charge in [0.1, 0.15) is 11.3 Å². The lowest BCUT2D eigenvalue weighted by atomic mass is 9.96. The Labute approximate surface area is 186 Å². The SMILES string of the molecule is COc1c(N2C[C@@H](CN)[C@H](C(F)(F)F)C2)c(F)cc2c(=O)c(C(=O)O)cn(C3CC3)c12.Cl. The van der Waals surface area contributed by atoms with E-state index in [9.17, 15) is 27.9 Å². The minimum absolute atomic E-state index is 0. The minimum Gasteiger partial charge on any atom is -0.492 e. The number of hydrogen-bond acceptors (Lipinski definition) is 5. The van der Waals surface area contributed by atoms with Crippen molar-refractivity contribution in [2.24, 2.45) is 17.6 Å². The van der Waals surface area contributed by atoms with Gasteiger partial charge in [-0.25, -0.2) is 9.18 Å². The third kappa shape index (κ3) is 3.88. The molecule has 1 aliphatic heterocycles. The number of carbonyl (C=O) groups is 1. The van der Waals surface area contributed by atoms with Gasteiger partial charge < -0.3 is 25.0 Å². The molecule has 2 aromatic rings. The number of carboxylic acids is 1. The summed E-state index contributed by atoms with van der Waals surface area (Å²) in [5.74, 6) is -5.13. The molecule has 1 saturated carbocycles. The Morgan fingerprint density at radius 1 is 1.31 bits per heavy atom. The van der Waals surface area contributed by atoms with Crippen molar-refractivity contribution in [1.82, 2.24) is 4.57 Å². The normalized spacial score (nSPS) is 21.0. The largest absolute Gasteiger partial charge is 0.492 e. The molecule has 0 bridgehead atoms. The molecule has 2 heterocycles. The van der Waals surface area contributed by atoms with Crippen molar-refractivity contribution in [1.29, 1.82) is 0 Å². The van der Waals surface area contributed by atoms with Crippen molar-refractivity contribution in [3.8, 4) is 5.75 Å². The summed E-state index contributed by atoms with van der Waals surface area (Å²) in [7, 11) is 1.24. The Balaban J connectivity index is 0.00000289. The predicted molar refractivity (Wildman–Crippen MR) is 111 cm³/mol. The van der Waals surface area contributed by atoms with Crippen LogP contribution in [0.3, 0.4) is 0 Å². The molecule has 1 saturated heterocycles. The van der Waals surface area contributed by atoms with Gasteiger partial charge in [-0.05, 0) is 25.5 Å². The second-order valence-corrected chi connectivity index (χ2v) is 8.00. The third-order valence-corrected chi connectivity index (χ3v) is 6.05. The van der Waals surface area contributed by atoms with Crippen LogP contribution in [0.2, 0.25) is 0 Å². The average molecular weight is 480 g/mol. The lowest BCUT2D eigenvalue weighted by molar-refractivity contribution is -0.178. The number of rotatable bonds is 5. The van der Waals surface area contributed by atoms with E-state index in [4.69, 9.17) is 10.5 Å². The number of ether oxygens (including phenoxy) is 1. The van der Waals surface area contributed by atoms with E-state index >= 15 is 4.39 Å². The maximum Gasteiger partial charge on any atom is 0.393 e. The second kappa shape index (κ2) is 8.43. The molecular formula is C20H22ClF4N3O4. The molecule has 12 heteroatoms. The number of fused-ring (bicyclic) bond motifs is 1. The van der Waals surface area contributed by atoms with Crippen LogP contribution in [0.1, 0.15) is 29.2 Å². The summed E-state index contributed by atoms with van der Waals surface area (Å²) in [5.41, 5.74) is 4.16. The van der Waals surface area contributed by atoms with Crippen molar-refractivity contribution in [2.45, 2.75) is 25.1 Å². The van der Waals surface area contributed by atoms with Gasteiger partial charge in [0.2, 0.25) is 5.43 Å². The van der Waals surface area contributed by atoms with E-state index < -0.39 is 47.3 Å². The lowest BCUT2D eigenvalue weighted by Gasteiger charge is -2.25. The smallest absolute Gasteiger partial charge is 0.393 e. The summed E-state index contributed by atoms with van der Waals surface area (Å²) in [5, 5.41) is 9.18. The molecule has 0 spiro atoms. The zero-order valence-electron chi connectivity index (χ0n) is 17.0. The molecule has 3 N–H and O–H groups in total. The van der Waals surface area contributed by atoms with Gasteiger partial charge in [-0.1, -0.05) is 0 Å². The van der Waals surface area contributed by atoms with Crippen LogP contribution in [-0.2, 0) is 0 Å². The highest BCUT2D eigenvalue weighted by Crippen LogP contribution is 2.46. The van der Waals surface area contributed by atoms with E-state index in [1.54, 1.807) is 4.57 Å². The van der Waals surface area contributed by atoms with E-state index in [0.717, 1.165) is 18.9 Å².